The molecule has 27 heavy (non-hydrogen) atoms. The van der Waals surface area contributed by atoms with Crippen LogP contribution >= 0.6 is 0 Å². The van der Waals surface area contributed by atoms with Gasteiger partial charge < -0.3 is 14.8 Å². The minimum atomic E-state index is -0.359. The molecule has 3 heterocycles. The molecule has 8 heteroatoms. The Bertz CT molecular complexity index is 998. The topological polar surface area (TPSA) is 90.6 Å². The lowest BCUT2D eigenvalue weighted by molar-refractivity contribution is -0.124. The number of benzene rings is 1. The summed E-state index contributed by atoms with van der Waals surface area (Å²) in [4.78, 5) is 12.5. The molecule has 0 bridgehead atoms. The van der Waals surface area contributed by atoms with E-state index in [1.54, 1.807) is 12.1 Å². The molecule has 0 radical (unpaired) electrons. The van der Waals surface area contributed by atoms with Crippen LogP contribution < -0.4 is 14.8 Å². The Morgan fingerprint density at radius 1 is 1.37 bits per heavy atom. The molecular formula is C19H21N5O3. The average Bonchev–Trinajstić information content (AvgIpc) is 3.08. The first-order chi connectivity index (χ1) is 12.9. The van der Waals surface area contributed by atoms with E-state index in [4.69, 9.17) is 9.47 Å². The molecule has 1 N–H and O–H groups in total. The first kappa shape index (κ1) is 17.3. The van der Waals surface area contributed by atoms with Gasteiger partial charge in [0.05, 0.1) is 6.04 Å². The highest BCUT2D eigenvalue weighted by molar-refractivity contribution is 5.78. The molecule has 4 rings (SSSR count). The number of nitrogens with one attached hydrogen (secondary N) is 1. The quantitative estimate of drug-likeness (QED) is 0.760. The zero-order valence-electron chi connectivity index (χ0n) is 15.5. The van der Waals surface area contributed by atoms with Gasteiger partial charge in [0, 0.05) is 18.1 Å². The van der Waals surface area contributed by atoms with E-state index in [9.17, 15) is 4.79 Å². The molecule has 8 nitrogen and oxygen atoms in total. The molecule has 1 aliphatic heterocycles. The monoisotopic (exact) mass is 367 g/mol. The van der Waals surface area contributed by atoms with Gasteiger partial charge in [-0.2, -0.15) is 4.52 Å². The lowest BCUT2D eigenvalue weighted by atomic mass is 9.89. The summed E-state index contributed by atoms with van der Waals surface area (Å²) >= 11 is 0. The average molecular weight is 367 g/mol. The van der Waals surface area contributed by atoms with Gasteiger partial charge in [-0.25, -0.2) is 0 Å². The highest BCUT2D eigenvalue weighted by Crippen LogP contribution is 2.39. The van der Waals surface area contributed by atoms with Crippen molar-refractivity contribution < 1.29 is 14.3 Å². The predicted molar refractivity (Wildman–Crippen MR) is 97.7 cm³/mol. The van der Waals surface area contributed by atoms with Gasteiger partial charge in [-0.05, 0) is 32.9 Å². The maximum Gasteiger partial charge on any atom is 0.258 e. The number of aryl methyl sites for hydroxylation is 1. The van der Waals surface area contributed by atoms with Crippen LogP contribution in [-0.2, 0) is 4.79 Å². The highest BCUT2D eigenvalue weighted by atomic mass is 16.5. The fourth-order valence-corrected chi connectivity index (χ4v) is 3.27. The SMILES string of the molecule is Cc1ccc2c(c1)[C@@H](NC(=O)COc1ccc3nncn3n1)CC(C)(C)O2. The van der Waals surface area contributed by atoms with Crippen LogP contribution in [0.5, 0.6) is 11.6 Å². The molecule has 0 fully saturated rings. The molecule has 3 aromatic rings. The lowest BCUT2D eigenvalue weighted by Gasteiger charge is -2.38. The van der Waals surface area contributed by atoms with E-state index in [-0.39, 0.29) is 24.2 Å². The van der Waals surface area contributed by atoms with E-state index in [1.807, 2.05) is 32.9 Å². The summed E-state index contributed by atoms with van der Waals surface area (Å²) < 4.78 is 13.1. The number of hydrogen-bond donors (Lipinski definition) is 1. The summed E-state index contributed by atoms with van der Waals surface area (Å²) in [5, 5.41) is 14.9. The second-order valence-corrected chi connectivity index (χ2v) is 7.32. The van der Waals surface area contributed by atoms with Crippen molar-refractivity contribution >= 4 is 11.6 Å². The van der Waals surface area contributed by atoms with Gasteiger partial charge in [-0.3, -0.25) is 4.79 Å². The first-order valence-electron chi connectivity index (χ1n) is 8.78. The number of carbonyl (C=O) groups excluding carboxylic acids is 1. The molecule has 140 valence electrons. The number of nitrogens with zero attached hydrogens (tertiary/aromatic N) is 4. The Morgan fingerprint density at radius 3 is 3.07 bits per heavy atom. The smallest absolute Gasteiger partial charge is 0.258 e. The molecule has 0 saturated carbocycles. The normalized spacial score (nSPS) is 17.8. The number of hydrogen-bond acceptors (Lipinski definition) is 6. The third kappa shape index (κ3) is 3.69. The van der Waals surface area contributed by atoms with E-state index in [1.165, 1.54) is 10.8 Å². The molecule has 1 aromatic carbocycles. The second-order valence-electron chi connectivity index (χ2n) is 7.32. The van der Waals surface area contributed by atoms with Crippen LogP contribution in [0.1, 0.15) is 37.4 Å². The van der Waals surface area contributed by atoms with Crippen molar-refractivity contribution in [3.63, 3.8) is 0 Å². The number of fused-ring (bicyclic) bond motifs is 2. The Hall–Kier alpha value is -3.16. The second kappa shape index (κ2) is 6.53. The van der Waals surface area contributed by atoms with Gasteiger partial charge in [0.2, 0.25) is 5.88 Å². The van der Waals surface area contributed by atoms with Crippen LogP contribution in [0.25, 0.3) is 5.65 Å². The predicted octanol–water partition coefficient (Wildman–Crippen LogP) is 2.23. The van der Waals surface area contributed by atoms with Crippen molar-refractivity contribution in [3.05, 3.63) is 47.8 Å². The van der Waals surface area contributed by atoms with Crippen LogP contribution in [0.3, 0.4) is 0 Å². The van der Waals surface area contributed by atoms with Gasteiger partial charge >= 0.3 is 0 Å². The van der Waals surface area contributed by atoms with E-state index in [0.29, 0.717) is 17.9 Å². The van der Waals surface area contributed by atoms with Crippen molar-refractivity contribution in [2.75, 3.05) is 6.61 Å². The zero-order valence-corrected chi connectivity index (χ0v) is 15.5. The fraction of sp³-hybridized carbons (Fsp3) is 0.368. The zero-order chi connectivity index (χ0) is 19.0. The largest absolute Gasteiger partial charge is 0.487 e. The van der Waals surface area contributed by atoms with Crippen LogP contribution in [0, 0.1) is 6.92 Å². The van der Waals surface area contributed by atoms with Crippen LogP contribution in [-0.4, -0.2) is 37.9 Å². The molecule has 2 aromatic heterocycles. The molecule has 1 aliphatic rings. The molecule has 0 unspecified atom stereocenters. The van der Waals surface area contributed by atoms with Gasteiger partial charge in [0.25, 0.3) is 5.91 Å². The standard InChI is InChI=1S/C19H21N5O3/c1-12-4-5-15-13(8-12)14(9-19(2,3)27-15)21-17(25)10-26-18-7-6-16-22-20-11-24(16)23-18/h4-8,11,14H,9-10H2,1-3H3,(H,21,25)/t14-/m0/s1. The van der Waals surface area contributed by atoms with Crippen molar-refractivity contribution in [2.45, 2.75) is 38.8 Å². The summed E-state index contributed by atoms with van der Waals surface area (Å²) in [5.74, 6) is 0.930. The van der Waals surface area contributed by atoms with Gasteiger partial charge in [0.1, 0.15) is 17.7 Å². The summed E-state index contributed by atoms with van der Waals surface area (Å²) in [5.41, 5.74) is 2.37. The Morgan fingerprint density at radius 2 is 2.22 bits per heavy atom. The molecule has 0 saturated heterocycles. The van der Waals surface area contributed by atoms with Crippen molar-refractivity contribution in [1.82, 2.24) is 25.1 Å². The minimum Gasteiger partial charge on any atom is -0.487 e. The summed E-state index contributed by atoms with van der Waals surface area (Å²) in [6.45, 7) is 5.93. The summed E-state index contributed by atoms with van der Waals surface area (Å²) in [7, 11) is 0. The molecule has 1 atom stereocenters. The highest BCUT2D eigenvalue weighted by Gasteiger charge is 2.34. The maximum atomic E-state index is 12.5. The van der Waals surface area contributed by atoms with E-state index < -0.39 is 0 Å². The minimum absolute atomic E-state index is 0.125. The Balaban J connectivity index is 1.45. The van der Waals surface area contributed by atoms with E-state index in [2.05, 4.69) is 26.7 Å². The maximum absolute atomic E-state index is 12.5. The number of ether oxygens (including phenoxy) is 2. The molecule has 1 amide bonds. The lowest BCUT2D eigenvalue weighted by Crippen LogP contribution is -2.42. The third-order valence-electron chi connectivity index (χ3n) is 4.45. The molecular weight excluding hydrogens is 346 g/mol. The Kier molecular flexibility index (Phi) is 4.18. The van der Waals surface area contributed by atoms with Crippen molar-refractivity contribution in [1.29, 1.82) is 0 Å². The van der Waals surface area contributed by atoms with Crippen LogP contribution in [0.4, 0.5) is 0 Å². The number of amides is 1. The van der Waals surface area contributed by atoms with E-state index in [0.717, 1.165) is 16.9 Å². The number of rotatable bonds is 4. The third-order valence-corrected chi connectivity index (χ3v) is 4.45. The van der Waals surface area contributed by atoms with Gasteiger partial charge in [-0.15, -0.1) is 15.3 Å². The summed E-state index contributed by atoms with van der Waals surface area (Å²) in [6, 6.07) is 9.28. The molecule has 0 aliphatic carbocycles. The van der Waals surface area contributed by atoms with Gasteiger partial charge in [0.15, 0.2) is 12.3 Å². The fourth-order valence-electron chi connectivity index (χ4n) is 3.27. The molecule has 0 spiro atoms. The first-order valence-corrected chi connectivity index (χ1v) is 8.78. The van der Waals surface area contributed by atoms with Crippen molar-refractivity contribution in [3.8, 4) is 11.6 Å². The Labute approximate surface area is 156 Å². The van der Waals surface area contributed by atoms with Crippen molar-refractivity contribution in [2.24, 2.45) is 0 Å². The van der Waals surface area contributed by atoms with Crippen LogP contribution in [0.15, 0.2) is 36.7 Å². The van der Waals surface area contributed by atoms with Crippen LogP contribution in [0.2, 0.25) is 0 Å². The van der Waals surface area contributed by atoms with E-state index >= 15 is 0 Å². The number of aromatic nitrogens is 4. The summed E-state index contributed by atoms with van der Waals surface area (Å²) in [6.07, 6.45) is 2.16. The van der Waals surface area contributed by atoms with Gasteiger partial charge in [-0.1, -0.05) is 17.7 Å². The number of carbonyl (C=O) groups is 1.